The molecule has 4 aromatic carbocycles. The summed E-state index contributed by atoms with van der Waals surface area (Å²) in [5.41, 5.74) is 7.02. The fraction of sp³-hybridized carbons (Fsp3) is 0.0882. The van der Waals surface area contributed by atoms with Crippen LogP contribution in [0.1, 0.15) is 34.6 Å². The average molecular weight is 498 g/mol. The monoisotopic (exact) mass is 497 g/mol. The summed E-state index contributed by atoms with van der Waals surface area (Å²) >= 11 is 1.72. The van der Waals surface area contributed by atoms with Crippen molar-refractivity contribution < 1.29 is 4.79 Å². The van der Waals surface area contributed by atoms with E-state index in [4.69, 9.17) is 0 Å². The van der Waals surface area contributed by atoms with Gasteiger partial charge in [-0.05, 0) is 65.7 Å². The Balaban J connectivity index is 1.30. The summed E-state index contributed by atoms with van der Waals surface area (Å²) in [6.07, 6.45) is 2.08. The van der Waals surface area contributed by atoms with Crippen molar-refractivity contribution in [2.24, 2.45) is 0 Å². The van der Waals surface area contributed by atoms with Crippen LogP contribution < -0.4 is 4.90 Å². The molecule has 1 aliphatic rings. The Hall–Kier alpha value is -4.21. The van der Waals surface area contributed by atoms with Crippen LogP contribution in [0.4, 0.5) is 17.1 Å². The molecule has 37 heavy (non-hydrogen) atoms. The number of nitrogens with zero attached hydrogens (tertiary/aromatic N) is 1. The van der Waals surface area contributed by atoms with E-state index in [1.807, 2.05) is 30.3 Å². The van der Waals surface area contributed by atoms with E-state index < -0.39 is 0 Å². The maximum absolute atomic E-state index is 13.2. The molecule has 0 N–H and O–H groups in total. The Morgan fingerprint density at radius 3 is 1.84 bits per heavy atom. The smallest absolute Gasteiger partial charge is 0.190 e. The number of para-hydroxylation sites is 2. The van der Waals surface area contributed by atoms with Crippen LogP contribution >= 0.6 is 11.3 Å². The fourth-order valence-electron chi connectivity index (χ4n) is 5.15. The predicted octanol–water partition coefficient (Wildman–Crippen LogP) is 9.44. The molecule has 0 aliphatic heterocycles. The minimum atomic E-state index is -0.294. The average Bonchev–Trinajstić information content (AvgIpc) is 3.48. The van der Waals surface area contributed by atoms with Gasteiger partial charge in [-0.3, -0.25) is 4.79 Å². The van der Waals surface area contributed by atoms with Crippen LogP contribution in [-0.4, -0.2) is 5.78 Å². The molecule has 1 aromatic heterocycles. The standard InChI is InChI=1S/C34H27NOS/c1-34(2)30-16-10-9-15-29(30)33(36)31(34)23-28-21-22-32(37-28)24-17-19-27(20-18-24)35(25-11-5-3-6-12-25)26-13-7-4-8-14-26/h3-23H,1-2H3/b31-23-. The third-order valence-corrected chi connectivity index (χ3v) is 8.20. The summed E-state index contributed by atoms with van der Waals surface area (Å²) in [6, 6.07) is 41.8. The number of fused-ring (bicyclic) bond motifs is 1. The molecule has 0 saturated carbocycles. The van der Waals surface area contributed by atoms with Crippen LogP contribution in [0.15, 0.2) is 127 Å². The zero-order valence-corrected chi connectivity index (χ0v) is 21.7. The first-order valence-corrected chi connectivity index (χ1v) is 13.3. The second-order valence-electron chi connectivity index (χ2n) is 9.81. The largest absolute Gasteiger partial charge is 0.311 e. The number of rotatable bonds is 5. The minimum Gasteiger partial charge on any atom is -0.311 e. The number of hydrogen-bond acceptors (Lipinski definition) is 3. The van der Waals surface area contributed by atoms with Gasteiger partial charge >= 0.3 is 0 Å². The van der Waals surface area contributed by atoms with Gasteiger partial charge in [-0.15, -0.1) is 11.3 Å². The number of thiophene rings is 1. The highest BCUT2D eigenvalue weighted by Crippen LogP contribution is 2.44. The first-order chi connectivity index (χ1) is 18.0. The first kappa shape index (κ1) is 23.2. The van der Waals surface area contributed by atoms with Gasteiger partial charge in [0.2, 0.25) is 0 Å². The molecule has 0 spiro atoms. The number of carbonyl (C=O) groups is 1. The van der Waals surface area contributed by atoms with Gasteiger partial charge in [0, 0.05) is 43.4 Å². The van der Waals surface area contributed by atoms with Crippen molar-refractivity contribution in [3.05, 3.63) is 143 Å². The molecule has 180 valence electrons. The Morgan fingerprint density at radius 2 is 1.22 bits per heavy atom. The van der Waals surface area contributed by atoms with Crippen molar-refractivity contribution in [3.8, 4) is 10.4 Å². The van der Waals surface area contributed by atoms with Crippen LogP contribution in [0, 0.1) is 0 Å². The van der Waals surface area contributed by atoms with Gasteiger partial charge in [-0.1, -0.05) is 86.6 Å². The van der Waals surface area contributed by atoms with Gasteiger partial charge in [0.15, 0.2) is 5.78 Å². The quantitative estimate of drug-likeness (QED) is 0.225. The van der Waals surface area contributed by atoms with Crippen molar-refractivity contribution in [2.45, 2.75) is 19.3 Å². The lowest BCUT2D eigenvalue weighted by atomic mass is 9.82. The summed E-state index contributed by atoms with van der Waals surface area (Å²) in [4.78, 5) is 17.7. The molecule has 0 fully saturated rings. The zero-order chi connectivity index (χ0) is 25.4. The van der Waals surface area contributed by atoms with Crippen molar-refractivity contribution >= 4 is 40.3 Å². The third-order valence-electron chi connectivity index (χ3n) is 7.12. The van der Waals surface area contributed by atoms with Gasteiger partial charge in [-0.2, -0.15) is 0 Å². The van der Waals surface area contributed by atoms with E-state index >= 15 is 0 Å². The summed E-state index contributed by atoms with van der Waals surface area (Å²) in [5, 5.41) is 0. The lowest BCUT2D eigenvalue weighted by molar-refractivity contribution is 0.103. The number of carbonyl (C=O) groups excluding carboxylic acids is 1. The molecular weight excluding hydrogens is 470 g/mol. The molecular formula is C34H27NOS. The number of hydrogen-bond donors (Lipinski definition) is 0. The summed E-state index contributed by atoms with van der Waals surface area (Å²) in [7, 11) is 0. The number of allylic oxidation sites excluding steroid dienone is 1. The number of benzene rings is 4. The Kier molecular flexibility index (Phi) is 5.86. The van der Waals surface area contributed by atoms with Crippen LogP contribution in [-0.2, 0) is 5.41 Å². The molecule has 5 aromatic rings. The second-order valence-corrected chi connectivity index (χ2v) is 10.9. The molecule has 0 amide bonds. The molecule has 0 bridgehead atoms. The van der Waals surface area contributed by atoms with E-state index in [0.717, 1.165) is 38.6 Å². The number of ketones is 1. The summed E-state index contributed by atoms with van der Waals surface area (Å²) in [5.74, 6) is 0.141. The lowest BCUT2D eigenvalue weighted by Crippen LogP contribution is -2.16. The van der Waals surface area contributed by atoms with Gasteiger partial charge < -0.3 is 4.90 Å². The molecule has 0 unspecified atom stereocenters. The van der Waals surface area contributed by atoms with Gasteiger partial charge in [0.1, 0.15) is 0 Å². The molecule has 1 aliphatic carbocycles. The first-order valence-electron chi connectivity index (χ1n) is 12.5. The third kappa shape index (κ3) is 4.22. The summed E-state index contributed by atoms with van der Waals surface area (Å²) < 4.78 is 0. The maximum atomic E-state index is 13.2. The summed E-state index contributed by atoms with van der Waals surface area (Å²) in [6.45, 7) is 4.28. The maximum Gasteiger partial charge on any atom is 0.190 e. The van der Waals surface area contributed by atoms with Crippen molar-refractivity contribution in [1.29, 1.82) is 0 Å². The number of anilines is 3. The van der Waals surface area contributed by atoms with Crippen molar-refractivity contribution in [2.75, 3.05) is 4.90 Å². The van der Waals surface area contributed by atoms with E-state index in [1.54, 1.807) is 11.3 Å². The van der Waals surface area contributed by atoms with Crippen LogP contribution in [0.25, 0.3) is 16.5 Å². The highest BCUT2D eigenvalue weighted by atomic mass is 32.1. The topological polar surface area (TPSA) is 20.3 Å². The van der Waals surface area contributed by atoms with E-state index in [1.165, 1.54) is 10.4 Å². The van der Waals surface area contributed by atoms with E-state index in [-0.39, 0.29) is 11.2 Å². The van der Waals surface area contributed by atoms with E-state index in [9.17, 15) is 4.79 Å². The lowest BCUT2D eigenvalue weighted by Gasteiger charge is -2.25. The predicted molar refractivity (Wildman–Crippen MR) is 156 cm³/mol. The zero-order valence-electron chi connectivity index (χ0n) is 20.9. The molecule has 1 heterocycles. The Bertz CT molecular complexity index is 1560. The fourth-order valence-corrected chi connectivity index (χ4v) is 6.11. The molecule has 6 rings (SSSR count). The Morgan fingerprint density at radius 1 is 0.649 bits per heavy atom. The molecule has 2 nitrogen and oxygen atoms in total. The van der Waals surface area contributed by atoms with Crippen LogP contribution in [0.3, 0.4) is 0 Å². The van der Waals surface area contributed by atoms with Gasteiger partial charge in [-0.25, -0.2) is 0 Å². The van der Waals surface area contributed by atoms with E-state index in [2.05, 4.69) is 116 Å². The number of Topliss-reactive ketones (excluding diaryl/α,β-unsaturated/α-hetero) is 1. The minimum absolute atomic E-state index is 0.141. The SMILES string of the molecule is CC1(C)/C(=C\c2ccc(-c3ccc(N(c4ccccc4)c4ccccc4)cc3)s2)C(=O)c2ccccc21. The van der Waals surface area contributed by atoms with E-state index in [0.29, 0.717) is 0 Å². The highest BCUT2D eigenvalue weighted by molar-refractivity contribution is 7.16. The van der Waals surface area contributed by atoms with Gasteiger partial charge in [0.25, 0.3) is 0 Å². The van der Waals surface area contributed by atoms with Crippen LogP contribution in [0.5, 0.6) is 0 Å². The van der Waals surface area contributed by atoms with Crippen LogP contribution in [0.2, 0.25) is 0 Å². The molecule has 0 radical (unpaired) electrons. The van der Waals surface area contributed by atoms with Crippen molar-refractivity contribution in [1.82, 2.24) is 0 Å². The van der Waals surface area contributed by atoms with Crippen molar-refractivity contribution in [3.63, 3.8) is 0 Å². The molecule has 0 atom stereocenters. The highest BCUT2D eigenvalue weighted by Gasteiger charge is 2.40. The van der Waals surface area contributed by atoms with Gasteiger partial charge in [0.05, 0.1) is 0 Å². The second kappa shape index (κ2) is 9.34. The Labute approximate surface area is 222 Å². The molecule has 3 heteroatoms. The normalized spacial score (nSPS) is 15.1. The molecule has 0 saturated heterocycles.